The molecule has 1 aliphatic heterocycles. The molecule has 1 aliphatic rings. The SMILES string of the molecule is CCN(CC)c1ccc(NC(=O)c2cnc(N3CCCCCC3)cn2)cc1. The first-order valence-electron chi connectivity index (χ1n) is 9.94. The number of carbonyl (C=O) groups is 1. The summed E-state index contributed by atoms with van der Waals surface area (Å²) in [5.41, 5.74) is 2.25. The third-order valence-electron chi connectivity index (χ3n) is 5.05. The van der Waals surface area contributed by atoms with Crippen LogP contribution in [0.5, 0.6) is 0 Å². The van der Waals surface area contributed by atoms with Gasteiger partial charge in [-0.1, -0.05) is 12.8 Å². The molecule has 3 rings (SSSR count). The summed E-state index contributed by atoms with van der Waals surface area (Å²) in [6, 6.07) is 7.89. The number of aromatic nitrogens is 2. The molecule has 0 spiro atoms. The van der Waals surface area contributed by atoms with Crippen molar-refractivity contribution in [3.63, 3.8) is 0 Å². The first kappa shape index (κ1) is 19.1. The molecule has 144 valence electrons. The molecule has 1 N–H and O–H groups in total. The van der Waals surface area contributed by atoms with E-state index in [0.717, 1.165) is 43.4 Å². The fourth-order valence-corrected chi connectivity index (χ4v) is 3.44. The Hall–Kier alpha value is -2.63. The van der Waals surface area contributed by atoms with Crippen molar-refractivity contribution in [2.24, 2.45) is 0 Å². The van der Waals surface area contributed by atoms with Crippen LogP contribution >= 0.6 is 0 Å². The highest BCUT2D eigenvalue weighted by molar-refractivity contribution is 6.02. The van der Waals surface area contributed by atoms with Crippen LogP contribution in [0.3, 0.4) is 0 Å². The van der Waals surface area contributed by atoms with Crippen LogP contribution in [0.15, 0.2) is 36.7 Å². The highest BCUT2D eigenvalue weighted by Gasteiger charge is 2.14. The third kappa shape index (κ3) is 4.96. The quantitative estimate of drug-likeness (QED) is 0.837. The van der Waals surface area contributed by atoms with Crippen molar-refractivity contribution >= 4 is 23.1 Å². The van der Waals surface area contributed by atoms with E-state index in [1.165, 1.54) is 25.7 Å². The molecule has 6 nitrogen and oxygen atoms in total. The standard InChI is InChI=1S/C21H29N5O/c1-3-25(4-2)18-11-9-17(10-12-18)24-21(27)19-15-23-20(16-22-19)26-13-7-5-6-8-14-26/h9-12,15-16H,3-8,13-14H2,1-2H3,(H,24,27). The van der Waals surface area contributed by atoms with Crippen molar-refractivity contribution in [1.29, 1.82) is 0 Å². The monoisotopic (exact) mass is 367 g/mol. The lowest BCUT2D eigenvalue weighted by Gasteiger charge is -2.21. The van der Waals surface area contributed by atoms with E-state index in [1.807, 2.05) is 24.3 Å². The van der Waals surface area contributed by atoms with Crippen LogP contribution in [0.2, 0.25) is 0 Å². The number of benzene rings is 1. The van der Waals surface area contributed by atoms with Crippen LogP contribution in [0.1, 0.15) is 50.0 Å². The minimum absolute atomic E-state index is 0.236. The fourth-order valence-electron chi connectivity index (χ4n) is 3.44. The summed E-state index contributed by atoms with van der Waals surface area (Å²) < 4.78 is 0. The smallest absolute Gasteiger partial charge is 0.275 e. The molecule has 1 aromatic heterocycles. The van der Waals surface area contributed by atoms with E-state index in [0.29, 0.717) is 5.69 Å². The van der Waals surface area contributed by atoms with Gasteiger partial charge in [0.15, 0.2) is 0 Å². The molecule has 2 aromatic rings. The van der Waals surface area contributed by atoms with Crippen LogP contribution in [-0.4, -0.2) is 42.1 Å². The molecule has 1 saturated heterocycles. The number of amides is 1. The van der Waals surface area contributed by atoms with Gasteiger partial charge in [0.25, 0.3) is 5.91 Å². The average molecular weight is 367 g/mol. The Bertz CT molecular complexity index is 717. The minimum atomic E-state index is -0.236. The molecule has 1 aromatic carbocycles. The zero-order chi connectivity index (χ0) is 19.1. The number of nitrogens with one attached hydrogen (secondary N) is 1. The van der Waals surface area contributed by atoms with Gasteiger partial charge in [-0.15, -0.1) is 0 Å². The second-order valence-electron chi connectivity index (χ2n) is 6.83. The second kappa shape index (κ2) is 9.35. The van der Waals surface area contributed by atoms with Crippen LogP contribution < -0.4 is 15.1 Å². The Kier molecular flexibility index (Phi) is 6.63. The number of anilines is 3. The lowest BCUT2D eigenvalue weighted by atomic mass is 10.2. The topological polar surface area (TPSA) is 61.4 Å². The molecule has 0 saturated carbocycles. The zero-order valence-electron chi connectivity index (χ0n) is 16.3. The van der Waals surface area contributed by atoms with E-state index in [4.69, 9.17) is 0 Å². The Balaban J connectivity index is 1.62. The Labute approximate surface area is 161 Å². The minimum Gasteiger partial charge on any atom is -0.372 e. The van der Waals surface area contributed by atoms with Gasteiger partial charge in [0.05, 0.1) is 12.4 Å². The van der Waals surface area contributed by atoms with Crippen LogP contribution in [-0.2, 0) is 0 Å². The van der Waals surface area contributed by atoms with Crippen LogP contribution in [0, 0.1) is 0 Å². The van der Waals surface area contributed by atoms with E-state index >= 15 is 0 Å². The zero-order valence-corrected chi connectivity index (χ0v) is 16.3. The van der Waals surface area contributed by atoms with E-state index in [-0.39, 0.29) is 5.91 Å². The summed E-state index contributed by atoms with van der Waals surface area (Å²) in [6.45, 7) is 8.21. The number of hydrogen-bond acceptors (Lipinski definition) is 5. The highest BCUT2D eigenvalue weighted by atomic mass is 16.1. The molecule has 0 aliphatic carbocycles. The van der Waals surface area contributed by atoms with Crippen LogP contribution in [0.4, 0.5) is 17.2 Å². The Morgan fingerprint density at radius 2 is 1.67 bits per heavy atom. The predicted molar refractivity (Wildman–Crippen MR) is 111 cm³/mol. The van der Waals surface area contributed by atoms with Gasteiger partial charge in [-0.05, 0) is 51.0 Å². The maximum absolute atomic E-state index is 12.5. The lowest BCUT2D eigenvalue weighted by Crippen LogP contribution is -2.25. The average Bonchev–Trinajstić information content (AvgIpc) is 3.00. The summed E-state index contributed by atoms with van der Waals surface area (Å²) >= 11 is 0. The molecule has 0 atom stereocenters. The lowest BCUT2D eigenvalue weighted by molar-refractivity contribution is 0.102. The third-order valence-corrected chi connectivity index (χ3v) is 5.05. The second-order valence-corrected chi connectivity index (χ2v) is 6.83. The summed E-state index contributed by atoms with van der Waals surface area (Å²) in [4.78, 5) is 25.8. The summed E-state index contributed by atoms with van der Waals surface area (Å²) in [5, 5.41) is 2.90. The van der Waals surface area contributed by atoms with Gasteiger partial charge in [-0.3, -0.25) is 4.79 Å². The molecule has 1 fully saturated rings. The van der Waals surface area contributed by atoms with Crippen molar-refractivity contribution in [1.82, 2.24) is 9.97 Å². The number of carbonyl (C=O) groups excluding carboxylic acids is 1. The first-order chi connectivity index (χ1) is 13.2. The Morgan fingerprint density at radius 1 is 1.00 bits per heavy atom. The van der Waals surface area contributed by atoms with Gasteiger partial charge in [0.1, 0.15) is 11.5 Å². The van der Waals surface area contributed by atoms with E-state index < -0.39 is 0 Å². The van der Waals surface area contributed by atoms with Gasteiger partial charge in [0, 0.05) is 37.6 Å². The molecule has 2 heterocycles. The first-order valence-corrected chi connectivity index (χ1v) is 9.94. The Morgan fingerprint density at radius 3 is 2.22 bits per heavy atom. The van der Waals surface area contributed by atoms with Gasteiger partial charge < -0.3 is 15.1 Å². The van der Waals surface area contributed by atoms with Crippen molar-refractivity contribution < 1.29 is 4.79 Å². The van der Waals surface area contributed by atoms with Crippen molar-refractivity contribution in [3.8, 4) is 0 Å². The predicted octanol–water partition coefficient (Wildman–Crippen LogP) is 3.96. The largest absolute Gasteiger partial charge is 0.372 e. The van der Waals surface area contributed by atoms with E-state index in [9.17, 15) is 4.79 Å². The van der Waals surface area contributed by atoms with Crippen LogP contribution in [0.25, 0.3) is 0 Å². The van der Waals surface area contributed by atoms with Crippen molar-refractivity contribution in [2.45, 2.75) is 39.5 Å². The molecule has 27 heavy (non-hydrogen) atoms. The normalized spacial score (nSPS) is 14.5. The maximum atomic E-state index is 12.5. The van der Waals surface area contributed by atoms with Gasteiger partial charge in [0.2, 0.25) is 0 Å². The maximum Gasteiger partial charge on any atom is 0.275 e. The molecule has 0 bridgehead atoms. The highest BCUT2D eigenvalue weighted by Crippen LogP contribution is 2.19. The number of nitrogens with zero attached hydrogens (tertiary/aromatic N) is 4. The molecular weight excluding hydrogens is 338 g/mol. The van der Waals surface area contributed by atoms with Gasteiger partial charge in [-0.25, -0.2) is 9.97 Å². The fraction of sp³-hybridized carbons (Fsp3) is 0.476. The van der Waals surface area contributed by atoms with Gasteiger partial charge >= 0.3 is 0 Å². The molecule has 1 amide bonds. The molecule has 0 unspecified atom stereocenters. The van der Waals surface area contributed by atoms with E-state index in [2.05, 4.69) is 38.9 Å². The van der Waals surface area contributed by atoms with Gasteiger partial charge in [-0.2, -0.15) is 0 Å². The summed E-state index contributed by atoms with van der Waals surface area (Å²) in [7, 11) is 0. The summed E-state index contributed by atoms with van der Waals surface area (Å²) in [6.07, 6.45) is 8.21. The molecular formula is C21H29N5O. The molecule has 6 heteroatoms. The summed E-state index contributed by atoms with van der Waals surface area (Å²) in [5.74, 6) is 0.623. The van der Waals surface area contributed by atoms with E-state index in [1.54, 1.807) is 12.4 Å². The number of hydrogen-bond donors (Lipinski definition) is 1. The van der Waals surface area contributed by atoms with Crippen molar-refractivity contribution in [3.05, 3.63) is 42.4 Å². The van der Waals surface area contributed by atoms with Crippen molar-refractivity contribution in [2.75, 3.05) is 41.3 Å². The molecule has 0 radical (unpaired) electrons. The number of rotatable bonds is 6.